The van der Waals surface area contributed by atoms with Crippen LogP contribution in [0.15, 0.2) is 54.6 Å². The van der Waals surface area contributed by atoms with Gasteiger partial charge in [-0.1, -0.05) is 49.4 Å². The fourth-order valence-corrected chi connectivity index (χ4v) is 4.94. The van der Waals surface area contributed by atoms with E-state index < -0.39 is 9.84 Å². The molecule has 1 unspecified atom stereocenters. The molecule has 1 fully saturated rings. The highest BCUT2D eigenvalue weighted by Crippen LogP contribution is 2.22. The molecule has 1 saturated heterocycles. The molecule has 5 heteroatoms. The molecular weight excluding hydrogens is 334 g/mol. The molecule has 1 atom stereocenters. The Bertz CT molecular complexity index is 829. The zero-order chi connectivity index (χ0) is 17.9. The van der Waals surface area contributed by atoms with Crippen molar-refractivity contribution in [1.82, 2.24) is 4.90 Å². The average Bonchev–Trinajstić information content (AvgIpc) is 3.00. The Morgan fingerprint density at radius 2 is 1.68 bits per heavy atom. The van der Waals surface area contributed by atoms with Gasteiger partial charge in [0, 0.05) is 18.2 Å². The van der Waals surface area contributed by atoms with Gasteiger partial charge in [-0.05, 0) is 36.1 Å². The Labute approximate surface area is 149 Å². The number of nitrogens with zero attached hydrogens (tertiary/aromatic N) is 1. The Morgan fingerprint density at radius 1 is 1.04 bits per heavy atom. The second-order valence-corrected chi connectivity index (χ2v) is 8.75. The van der Waals surface area contributed by atoms with Crippen molar-refractivity contribution < 1.29 is 13.2 Å². The van der Waals surface area contributed by atoms with Crippen molar-refractivity contribution in [3.05, 3.63) is 71.3 Å². The summed E-state index contributed by atoms with van der Waals surface area (Å²) >= 11 is 0. The summed E-state index contributed by atoms with van der Waals surface area (Å²) in [6.45, 7) is 2.53. The van der Waals surface area contributed by atoms with E-state index >= 15 is 0 Å². The lowest BCUT2D eigenvalue weighted by Crippen LogP contribution is -2.40. The molecule has 1 aliphatic rings. The molecule has 0 N–H and O–H groups in total. The number of sulfone groups is 1. The van der Waals surface area contributed by atoms with Gasteiger partial charge in [0.15, 0.2) is 9.84 Å². The van der Waals surface area contributed by atoms with E-state index in [9.17, 15) is 13.2 Å². The molecule has 2 aromatic rings. The van der Waals surface area contributed by atoms with Crippen LogP contribution in [0.4, 0.5) is 0 Å². The van der Waals surface area contributed by atoms with E-state index in [0.717, 1.165) is 12.0 Å². The van der Waals surface area contributed by atoms with Crippen molar-refractivity contribution in [2.75, 3.05) is 11.5 Å². The molecule has 2 aromatic carbocycles. The zero-order valence-electron chi connectivity index (χ0n) is 14.4. The second kappa shape index (κ2) is 7.40. The number of amides is 1. The molecule has 132 valence electrons. The second-order valence-electron chi connectivity index (χ2n) is 6.53. The molecule has 0 spiro atoms. The predicted octanol–water partition coefficient (Wildman–Crippen LogP) is 3.08. The fourth-order valence-electron chi connectivity index (χ4n) is 3.21. The van der Waals surface area contributed by atoms with Crippen LogP contribution in [-0.2, 0) is 22.8 Å². The number of rotatable bonds is 5. The van der Waals surface area contributed by atoms with Gasteiger partial charge in [-0.2, -0.15) is 0 Å². The van der Waals surface area contributed by atoms with Crippen molar-refractivity contribution >= 4 is 15.7 Å². The molecule has 3 rings (SSSR count). The molecule has 0 saturated carbocycles. The van der Waals surface area contributed by atoms with Crippen LogP contribution >= 0.6 is 0 Å². The van der Waals surface area contributed by atoms with Crippen LogP contribution in [0.2, 0.25) is 0 Å². The minimum Gasteiger partial charge on any atom is -0.330 e. The highest BCUT2D eigenvalue weighted by atomic mass is 32.2. The van der Waals surface area contributed by atoms with Crippen molar-refractivity contribution in [1.29, 1.82) is 0 Å². The summed E-state index contributed by atoms with van der Waals surface area (Å²) in [5, 5.41) is 0. The average molecular weight is 357 g/mol. The van der Waals surface area contributed by atoms with E-state index in [0.29, 0.717) is 18.5 Å². The van der Waals surface area contributed by atoms with Gasteiger partial charge >= 0.3 is 0 Å². The smallest absolute Gasteiger partial charge is 0.254 e. The molecule has 0 radical (unpaired) electrons. The van der Waals surface area contributed by atoms with Crippen molar-refractivity contribution in [2.45, 2.75) is 32.4 Å². The first-order valence-corrected chi connectivity index (χ1v) is 10.4. The summed E-state index contributed by atoms with van der Waals surface area (Å²) in [5.41, 5.74) is 2.86. The van der Waals surface area contributed by atoms with Gasteiger partial charge in [-0.3, -0.25) is 4.79 Å². The topological polar surface area (TPSA) is 54.5 Å². The summed E-state index contributed by atoms with van der Waals surface area (Å²) in [6.07, 6.45) is 1.47. The lowest BCUT2D eigenvalue weighted by Gasteiger charge is -2.28. The van der Waals surface area contributed by atoms with Crippen molar-refractivity contribution in [3.8, 4) is 0 Å². The Hall–Kier alpha value is -2.14. The van der Waals surface area contributed by atoms with Gasteiger partial charge in [0.05, 0.1) is 11.5 Å². The zero-order valence-corrected chi connectivity index (χ0v) is 15.2. The number of carbonyl (C=O) groups is 1. The van der Waals surface area contributed by atoms with Crippen LogP contribution in [0, 0.1) is 0 Å². The SMILES string of the molecule is CCc1ccc(CN(C(=O)c2ccccc2)C2CCS(=O)(=O)C2)cc1. The maximum absolute atomic E-state index is 13.0. The third kappa shape index (κ3) is 4.28. The van der Waals surface area contributed by atoms with E-state index in [4.69, 9.17) is 0 Å². The van der Waals surface area contributed by atoms with Gasteiger partial charge in [-0.25, -0.2) is 8.42 Å². The summed E-state index contributed by atoms with van der Waals surface area (Å²) in [6, 6.07) is 17.0. The van der Waals surface area contributed by atoms with E-state index in [-0.39, 0.29) is 23.5 Å². The number of aryl methyl sites for hydroxylation is 1. The third-order valence-corrected chi connectivity index (χ3v) is 6.47. The number of benzene rings is 2. The van der Waals surface area contributed by atoms with Gasteiger partial charge in [0.1, 0.15) is 0 Å². The Balaban J connectivity index is 1.87. The maximum Gasteiger partial charge on any atom is 0.254 e. The largest absolute Gasteiger partial charge is 0.330 e. The summed E-state index contributed by atoms with van der Waals surface area (Å²) in [4.78, 5) is 14.7. The first kappa shape index (κ1) is 17.7. The first-order valence-electron chi connectivity index (χ1n) is 8.63. The molecule has 1 amide bonds. The number of hydrogen-bond acceptors (Lipinski definition) is 3. The van der Waals surface area contributed by atoms with Crippen LogP contribution in [0.3, 0.4) is 0 Å². The van der Waals surface area contributed by atoms with Crippen LogP contribution in [0.1, 0.15) is 34.8 Å². The normalized spacial score (nSPS) is 18.8. The third-order valence-electron chi connectivity index (χ3n) is 4.71. The van der Waals surface area contributed by atoms with Crippen molar-refractivity contribution in [2.24, 2.45) is 0 Å². The standard InChI is InChI=1S/C20H23NO3S/c1-2-16-8-10-17(11-9-16)14-21(19-12-13-25(23,24)15-19)20(22)18-6-4-3-5-7-18/h3-11,19H,2,12-15H2,1H3. The predicted molar refractivity (Wildman–Crippen MR) is 99.2 cm³/mol. The van der Waals surface area contributed by atoms with Gasteiger partial charge < -0.3 is 4.90 Å². The molecule has 1 aliphatic heterocycles. The Morgan fingerprint density at radius 3 is 2.24 bits per heavy atom. The fraction of sp³-hybridized carbons (Fsp3) is 0.350. The van der Waals surface area contributed by atoms with Gasteiger partial charge in [0.25, 0.3) is 5.91 Å². The number of carbonyl (C=O) groups excluding carboxylic acids is 1. The minimum absolute atomic E-state index is 0.0542. The first-order chi connectivity index (χ1) is 12.0. The summed E-state index contributed by atoms with van der Waals surface area (Å²) in [7, 11) is -3.05. The quantitative estimate of drug-likeness (QED) is 0.826. The highest BCUT2D eigenvalue weighted by molar-refractivity contribution is 7.91. The molecular formula is C20H23NO3S. The molecule has 4 nitrogen and oxygen atoms in total. The molecule has 0 bridgehead atoms. The van der Waals surface area contributed by atoms with E-state index in [1.165, 1.54) is 5.56 Å². The maximum atomic E-state index is 13.0. The lowest BCUT2D eigenvalue weighted by molar-refractivity contribution is 0.0681. The highest BCUT2D eigenvalue weighted by Gasteiger charge is 2.35. The van der Waals surface area contributed by atoms with E-state index in [1.807, 2.05) is 30.3 Å². The molecule has 25 heavy (non-hydrogen) atoms. The summed E-state index contributed by atoms with van der Waals surface area (Å²) < 4.78 is 23.8. The Kier molecular flexibility index (Phi) is 5.23. The van der Waals surface area contributed by atoms with E-state index in [2.05, 4.69) is 19.1 Å². The van der Waals surface area contributed by atoms with Crippen molar-refractivity contribution in [3.63, 3.8) is 0 Å². The molecule has 0 aliphatic carbocycles. The molecule has 0 aromatic heterocycles. The van der Waals surface area contributed by atoms with Crippen LogP contribution < -0.4 is 0 Å². The van der Waals surface area contributed by atoms with Crippen LogP contribution in [0.25, 0.3) is 0 Å². The lowest BCUT2D eigenvalue weighted by atomic mass is 10.1. The van der Waals surface area contributed by atoms with Gasteiger partial charge in [-0.15, -0.1) is 0 Å². The summed E-state index contributed by atoms with van der Waals surface area (Å²) in [5.74, 6) is 0.103. The number of hydrogen-bond donors (Lipinski definition) is 0. The van der Waals surface area contributed by atoms with Gasteiger partial charge in [0.2, 0.25) is 0 Å². The van der Waals surface area contributed by atoms with E-state index in [1.54, 1.807) is 17.0 Å². The monoisotopic (exact) mass is 357 g/mol. The van der Waals surface area contributed by atoms with Crippen LogP contribution in [0.5, 0.6) is 0 Å². The molecule has 1 heterocycles. The van der Waals surface area contributed by atoms with Crippen LogP contribution in [-0.4, -0.2) is 36.8 Å². The minimum atomic E-state index is -3.05.